The van der Waals surface area contributed by atoms with Crippen molar-refractivity contribution in [1.29, 1.82) is 0 Å². The summed E-state index contributed by atoms with van der Waals surface area (Å²) in [7, 11) is 2.14. The Morgan fingerprint density at radius 2 is 2.10 bits per heavy atom. The maximum atomic E-state index is 6.30. The Morgan fingerprint density at radius 1 is 1.29 bits per heavy atom. The highest BCUT2D eigenvalue weighted by atomic mass is 35.5. The summed E-state index contributed by atoms with van der Waals surface area (Å²) >= 11 is 6.30. The van der Waals surface area contributed by atoms with Crippen LogP contribution in [0.4, 0.5) is 0 Å². The van der Waals surface area contributed by atoms with E-state index >= 15 is 0 Å². The SMILES string of the molecule is CN1CCN(Cc2cc(Cl)c3c(c2)OCCO3)C(CN)C1. The second-order valence-corrected chi connectivity index (χ2v) is 6.13. The minimum absolute atomic E-state index is 0.385. The third-order valence-electron chi connectivity index (χ3n) is 4.12. The summed E-state index contributed by atoms with van der Waals surface area (Å²) < 4.78 is 11.2. The van der Waals surface area contributed by atoms with E-state index in [0.717, 1.165) is 37.5 Å². The standard InChI is InChI=1S/C15H22ClN3O2/c1-18-2-3-19(12(8-17)10-18)9-11-6-13(16)15-14(7-11)20-4-5-21-15/h6-7,12H,2-5,8-10,17H2,1H3. The van der Waals surface area contributed by atoms with Crippen molar-refractivity contribution in [3.63, 3.8) is 0 Å². The number of rotatable bonds is 3. The van der Waals surface area contributed by atoms with Crippen molar-refractivity contribution in [3.05, 3.63) is 22.7 Å². The van der Waals surface area contributed by atoms with Crippen LogP contribution in [0.3, 0.4) is 0 Å². The van der Waals surface area contributed by atoms with Gasteiger partial charge in [-0.3, -0.25) is 4.90 Å². The maximum absolute atomic E-state index is 6.30. The van der Waals surface area contributed by atoms with Gasteiger partial charge < -0.3 is 20.1 Å². The number of nitrogens with two attached hydrogens (primary N) is 1. The Hall–Kier alpha value is -1.01. The highest BCUT2D eigenvalue weighted by molar-refractivity contribution is 6.32. The van der Waals surface area contributed by atoms with Crippen LogP contribution in [0.1, 0.15) is 5.56 Å². The Balaban J connectivity index is 1.76. The molecule has 1 fully saturated rings. The van der Waals surface area contributed by atoms with Crippen LogP contribution in [0.2, 0.25) is 5.02 Å². The molecule has 21 heavy (non-hydrogen) atoms. The number of ether oxygens (including phenoxy) is 2. The molecular formula is C15H22ClN3O2. The molecule has 0 radical (unpaired) electrons. The van der Waals surface area contributed by atoms with Gasteiger partial charge in [-0.05, 0) is 24.7 Å². The lowest BCUT2D eigenvalue weighted by Gasteiger charge is -2.39. The number of piperazine rings is 1. The lowest BCUT2D eigenvalue weighted by Crippen LogP contribution is -2.54. The summed E-state index contributed by atoms with van der Waals surface area (Å²) in [6.45, 7) is 5.73. The van der Waals surface area contributed by atoms with Crippen molar-refractivity contribution in [1.82, 2.24) is 9.80 Å². The minimum Gasteiger partial charge on any atom is -0.486 e. The lowest BCUT2D eigenvalue weighted by atomic mass is 10.1. The molecule has 1 saturated heterocycles. The fraction of sp³-hybridized carbons (Fsp3) is 0.600. The van der Waals surface area contributed by atoms with Gasteiger partial charge in [0.1, 0.15) is 13.2 Å². The van der Waals surface area contributed by atoms with E-state index in [1.807, 2.05) is 12.1 Å². The van der Waals surface area contributed by atoms with Crippen molar-refractivity contribution in [2.45, 2.75) is 12.6 Å². The van der Waals surface area contributed by atoms with E-state index in [0.29, 0.717) is 36.6 Å². The fourth-order valence-electron chi connectivity index (χ4n) is 2.97. The van der Waals surface area contributed by atoms with E-state index in [9.17, 15) is 0 Å². The number of halogens is 1. The van der Waals surface area contributed by atoms with Gasteiger partial charge in [0, 0.05) is 38.8 Å². The molecule has 0 saturated carbocycles. The van der Waals surface area contributed by atoms with Crippen molar-refractivity contribution in [2.24, 2.45) is 5.73 Å². The molecule has 2 aliphatic rings. The summed E-state index contributed by atoms with van der Waals surface area (Å²) in [6.07, 6.45) is 0. The van der Waals surface area contributed by atoms with E-state index in [-0.39, 0.29) is 0 Å². The highest BCUT2D eigenvalue weighted by Crippen LogP contribution is 2.38. The predicted octanol–water partition coefficient (Wildman–Crippen LogP) is 1.19. The molecular weight excluding hydrogens is 290 g/mol. The molecule has 0 amide bonds. The summed E-state index contributed by atoms with van der Waals surface area (Å²) in [6, 6.07) is 4.39. The Morgan fingerprint density at radius 3 is 2.90 bits per heavy atom. The normalized spacial score (nSPS) is 23.3. The van der Waals surface area contributed by atoms with E-state index in [1.165, 1.54) is 0 Å². The largest absolute Gasteiger partial charge is 0.486 e. The first-order valence-electron chi connectivity index (χ1n) is 7.38. The van der Waals surface area contributed by atoms with Gasteiger partial charge in [0.05, 0.1) is 5.02 Å². The van der Waals surface area contributed by atoms with Crippen LogP contribution in [-0.2, 0) is 6.54 Å². The third-order valence-corrected chi connectivity index (χ3v) is 4.40. The minimum atomic E-state index is 0.385. The van der Waals surface area contributed by atoms with Gasteiger partial charge in [-0.25, -0.2) is 0 Å². The van der Waals surface area contributed by atoms with Crippen LogP contribution in [0.25, 0.3) is 0 Å². The zero-order chi connectivity index (χ0) is 14.8. The summed E-state index contributed by atoms with van der Waals surface area (Å²) in [5.41, 5.74) is 7.06. The average molecular weight is 312 g/mol. The fourth-order valence-corrected chi connectivity index (χ4v) is 3.26. The Labute approximate surface area is 130 Å². The van der Waals surface area contributed by atoms with E-state index < -0.39 is 0 Å². The smallest absolute Gasteiger partial charge is 0.179 e. The Kier molecular flexibility index (Phi) is 4.54. The lowest BCUT2D eigenvalue weighted by molar-refractivity contribution is 0.0878. The number of hydrogen-bond acceptors (Lipinski definition) is 5. The van der Waals surface area contributed by atoms with Crippen LogP contribution in [-0.4, -0.2) is 62.3 Å². The third kappa shape index (κ3) is 3.26. The van der Waals surface area contributed by atoms with Gasteiger partial charge in [0.15, 0.2) is 11.5 Å². The molecule has 1 aromatic carbocycles. The molecule has 5 nitrogen and oxygen atoms in total. The first-order chi connectivity index (χ1) is 10.2. The van der Waals surface area contributed by atoms with Crippen molar-refractivity contribution in [3.8, 4) is 11.5 Å². The molecule has 3 rings (SSSR count). The number of likely N-dealkylation sites (N-methyl/N-ethyl adjacent to an activating group) is 1. The van der Waals surface area contributed by atoms with Gasteiger partial charge in [0.2, 0.25) is 0 Å². The molecule has 2 aliphatic heterocycles. The average Bonchev–Trinajstić information content (AvgIpc) is 2.49. The molecule has 2 heterocycles. The highest BCUT2D eigenvalue weighted by Gasteiger charge is 2.25. The van der Waals surface area contributed by atoms with Gasteiger partial charge in [-0.1, -0.05) is 11.6 Å². The number of fused-ring (bicyclic) bond motifs is 1. The molecule has 1 aromatic rings. The van der Waals surface area contributed by atoms with Crippen molar-refractivity contribution >= 4 is 11.6 Å². The first-order valence-corrected chi connectivity index (χ1v) is 7.76. The van der Waals surface area contributed by atoms with Crippen LogP contribution in [0.15, 0.2) is 12.1 Å². The van der Waals surface area contributed by atoms with Crippen molar-refractivity contribution < 1.29 is 9.47 Å². The molecule has 1 unspecified atom stereocenters. The summed E-state index contributed by atoms with van der Waals surface area (Å²) in [5.74, 6) is 1.42. The van der Waals surface area contributed by atoms with Crippen LogP contribution < -0.4 is 15.2 Å². The predicted molar refractivity (Wildman–Crippen MR) is 83.2 cm³/mol. The molecule has 1 atom stereocenters. The maximum Gasteiger partial charge on any atom is 0.179 e. The van der Waals surface area contributed by atoms with E-state index in [4.69, 9.17) is 26.8 Å². The number of nitrogens with zero attached hydrogens (tertiary/aromatic N) is 2. The summed E-state index contributed by atoms with van der Waals surface area (Å²) in [5, 5.41) is 0.626. The van der Waals surface area contributed by atoms with Crippen molar-refractivity contribution in [2.75, 3.05) is 46.4 Å². The second kappa shape index (κ2) is 6.40. The van der Waals surface area contributed by atoms with E-state index in [1.54, 1.807) is 0 Å². The van der Waals surface area contributed by atoms with Gasteiger partial charge in [-0.2, -0.15) is 0 Å². The zero-order valence-corrected chi connectivity index (χ0v) is 13.1. The van der Waals surface area contributed by atoms with Gasteiger partial charge >= 0.3 is 0 Å². The van der Waals surface area contributed by atoms with E-state index in [2.05, 4.69) is 16.8 Å². The quantitative estimate of drug-likeness (QED) is 0.908. The summed E-state index contributed by atoms with van der Waals surface area (Å²) in [4.78, 5) is 4.74. The number of benzene rings is 1. The molecule has 0 aromatic heterocycles. The second-order valence-electron chi connectivity index (χ2n) is 5.72. The van der Waals surface area contributed by atoms with Crippen LogP contribution >= 0.6 is 11.6 Å². The molecule has 6 heteroatoms. The molecule has 0 spiro atoms. The number of hydrogen-bond donors (Lipinski definition) is 1. The Bertz CT molecular complexity index is 512. The molecule has 2 N–H and O–H groups in total. The molecule has 116 valence electrons. The van der Waals surface area contributed by atoms with Crippen LogP contribution in [0.5, 0.6) is 11.5 Å². The zero-order valence-electron chi connectivity index (χ0n) is 12.3. The monoisotopic (exact) mass is 311 g/mol. The topological polar surface area (TPSA) is 51.0 Å². The van der Waals surface area contributed by atoms with Gasteiger partial charge in [0.25, 0.3) is 0 Å². The first kappa shape index (κ1) is 14.9. The van der Waals surface area contributed by atoms with Crippen LogP contribution in [0, 0.1) is 0 Å². The molecule has 0 aliphatic carbocycles. The molecule has 0 bridgehead atoms. The van der Waals surface area contributed by atoms with Gasteiger partial charge in [-0.15, -0.1) is 0 Å².